The van der Waals surface area contributed by atoms with Crippen molar-refractivity contribution in [1.82, 2.24) is 0 Å². The quantitative estimate of drug-likeness (QED) is 0.787. The molecule has 2 aromatic carbocycles. The number of amides is 2. The molecule has 0 aliphatic heterocycles. The number of rotatable bonds is 7. The van der Waals surface area contributed by atoms with Gasteiger partial charge in [0.1, 0.15) is 5.75 Å². The van der Waals surface area contributed by atoms with E-state index in [2.05, 4.69) is 33.0 Å². The summed E-state index contributed by atoms with van der Waals surface area (Å²) in [7, 11) is 0. The molecule has 0 bridgehead atoms. The lowest BCUT2D eigenvalue weighted by molar-refractivity contribution is -0.119. The van der Waals surface area contributed by atoms with E-state index >= 15 is 0 Å². The first-order valence-electron chi connectivity index (χ1n) is 8.75. The number of nitrogens with two attached hydrogens (primary N) is 1. The zero-order chi connectivity index (χ0) is 19.3. The van der Waals surface area contributed by atoms with E-state index in [1.165, 1.54) is 0 Å². The standard InChI is InChI=1S/C21H26N2O3/c1-13(2)17-6-5-7-18(14(3)4)20(17)23-21(25)15-8-10-16(11-9-15)26-12-19(22)24/h5-11,13-14H,12H2,1-4H3,(H2,22,24)(H,23,25). The first-order valence-corrected chi connectivity index (χ1v) is 8.75. The largest absolute Gasteiger partial charge is 0.484 e. The molecule has 0 heterocycles. The summed E-state index contributed by atoms with van der Waals surface area (Å²) in [5.41, 5.74) is 8.69. The number of hydrogen-bond acceptors (Lipinski definition) is 3. The van der Waals surface area contributed by atoms with Gasteiger partial charge in [-0.1, -0.05) is 45.9 Å². The lowest BCUT2D eigenvalue weighted by Crippen LogP contribution is -2.20. The maximum Gasteiger partial charge on any atom is 0.255 e. The third kappa shape index (κ3) is 4.85. The molecule has 0 aliphatic carbocycles. The summed E-state index contributed by atoms with van der Waals surface area (Å²) in [5.74, 6) is 0.368. The second-order valence-corrected chi connectivity index (χ2v) is 6.85. The van der Waals surface area contributed by atoms with E-state index < -0.39 is 5.91 Å². The highest BCUT2D eigenvalue weighted by molar-refractivity contribution is 6.05. The first kappa shape index (κ1) is 19.5. The Balaban J connectivity index is 2.23. The maximum absolute atomic E-state index is 12.7. The van der Waals surface area contributed by atoms with E-state index in [0.717, 1.165) is 16.8 Å². The van der Waals surface area contributed by atoms with Gasteiger partial charge in [0.2, 0.25) is 0 Å². The number of ether oxygens (including phenoxy) is 1. The van der Waals surface area contributed by atoms with Crippen LogP contribution in [0, 0.1) is 0 Å². The van der Waals surface area contributed by atoms with Crippen LogP contribution in [0.25, 0.3) is 0 Å². The van der Waals surface area contributed by atoms with Crippen molar-refractivity contribution in [3.63, 3.8) is 0 Å². The van der Waals surface area contributed by atoms with E-state index in [1.54, 1.807) is 24.3 Å². The molecule has 0 atom stereocenters. The number of carbonyl (C=O) groups is 2. The van der Waals surface area contributed by atoms with Gasteiger partial charge in [0.15, 0.2) is 6.61 Å². The molecule has 0 aliphatic rings. The smallest absolute Gasteiger partial charge is 0.255 e. The molecule has 5 heteroatoms. The molecule has 0 fully saturated rings. The lowest BCUT2D eigenvalue weighted by atomic mass is 9.92. The van der Waals surface area contributed by atoms with Crippen LogP contribution >= 0.6 is 0 Å². The van der Waals surface area contributed by atoms with Crippen molar-refractivity contribution < 1.29 is 14.3 Å². The molecule has 2 aromatic rings. The number of carbonyl (C=O) groups excluding carboxylic acids is 2. The molecule has 3 N–H and O–H groups in total. The van der Waals surface area contributed by atoms with Gasteiger partial charge in [0.05, 0.1) is 0 Å². The Morgan fingerprint density at radius 2 is 1.50 bits per heavy atom. The summed E-state index contributed by atoms with van der Waals surface area (Å²) in [5, 5.41) is 3.07. The normalized spacial score (nSPS) is 10.8. The van der Waals surface area contributed by atoms with Crippen molar-refractivity contribution in [1.29, 1.82) is 0 Å². The minimum Gasteiger partial charge on any atom is -0.484 e. The Kier molecular flexibility index (Phi) is 6.39. The summed E-state index contributed by atoms with van der Waals surface area (Å²) < 4.78 is 5.22. The first-order chi connectivity index (χ1) is 12.3. The molecule has 138 valence electrons. The third-order valence-electron chi connectivity index (χ3n) is 4.11. The van der Waals surface area contributed by atoms with Crippen molar-refractivity contribution in [3.05, 3.63) is 59.2 Å². The van der Waals surface area contributed by atoms with Crippen LogP contribution in [0.2, 0.25) is 0 Å². The van der Waals surface area contributed by atoms with Crippen LogP contribution in [0.4, 0.5) is 5.69 Å². The Morgan fingerprint density at radius 3 is 1.96 bits per heavy atom. The van der Waals surface area contributed by atoms with Crippen molar-refractivity contribution in [3.8, 4) is 5.75 Å². The predicted octanol–water partition coefficient (Wildman–Crippen LogP) is 4.05. The van der Waals surface area contributed by atoms with Crippen LogP contribution in [0.15, 0.2) is 42.5 Å². The number of hydrogen-bond donors (Lipinski definition) is 2. The molecule has 2 amide bonds. The van der Waals surface area contributed by atoms with Crippen molar-refractivity contribution >= 4 is 17.5 Å². The van der Waals surface area contributed by atoms with Gasteiger partial charge in [-0.15, -0.1) is 0 Å². The highest BCUT2D eigenvalue weighted by atomic mass is 16.5. The number of para-hydroxylation sites is 1. The van der Waals surface area contributed by atoms with Gasteiger partial charge in [-0.25, -0.2) is 0 Å². The molecular formula is C21H26N2O3. The third-order valence-corrected chi connectivity index (χ3v) is 4.11. The minimum atomic E-state index is -0.543. The SMILES string of the molecule is CC(C)c1cccc(C(C)C)c1NC(=O)c1ccc(OCC(N)=O)cc1. The number of anilines is 1. The van der Waals surface area contributed by atoms with Crippen molar-refractivity contribution in [2.75, 3.05) is 11.9 Å². The number of benzene rings is 2. The average molecular weight is 354 g/mol. The molecule has 0 aromatic heterocycles. The van der Waals surface area contributed by atoms with Crippen LogP contribution < -0.4 is 15.8 Å². The Labute approximate surface area is 154 Å². The zero-order valence-electron chi connectivity index (χ0n) is 15.7. The van der Waals surface area contributed by atoms with E-state index in [-0.39, 0.29) is 12.5 Å². The minimum absolute atomic E-state index is 0.179. The topological polar surface area (TPSA) is 81.4 Å². The lowest BCUT2D eigenvalue weighted by Gasteiger charge is -2.20. The summed E-state index contributed by atoms with van der Waals surface area (Å²) in [6, 6.07) is 12.8. The summed E-state index contributed by atoms with van der Waals surface area (Å²) >= 11 is 0. The van der Waals surface area contributed by atoms with Crippen molar-refractivity contribution in [2.45, 2.75) is 39.5 Å². The number of primary amides is 1. The van der Waals surface area contributed by atoms with Gasteiger partial charge in [0.25, 0.3) is 11.8 Å². The molecule has 0 unspecified atom stereocenters. The fourth-order valence-corrected chi connectivity index (χ4v) is 2.74. The molecular weight excluding hydrogens is 328 g/mol. The summed E-state index contributed by atoms with van der Waals surface area (Å²) in [6.07, 6.45) is 0. The van der Waals surface area contributed by atoms with Gasteiger partial charge < -0.3 is 15.8 Å². The predicted molar refractivity (Wildman–Crippen MR) is 104 cm³/mol. The summed E-state index contributed by atoms with van der Waals surface area (Å²) in [4.78, 5) is 23.5. The summed E-state index contributed by atoms with van der Waals surface area (Å²) in [6.45, 7) is 8.25. The highest BCUT2D eigenvalue weighted by Crippen LogP contribution is 2.32. The highest BCUT2D eigenvalue weighted by Gasteiger charge is 2.16. The Hall–Kier alpha value is -2.82. The fourth-order valence-electron chi connectivity index (χ4n) is 2.74. The maximum atomic E-state index is 12.7. The molecule has 26 heavy (non-hydrogen) atoms. The van der Waals surface area contributed by atoms with Crippen LogP contribution in [-0.2, 0) is 4.79 Å². The van der Waals surface area contributed by atoms with Gasteiger partial charge in [-0.3, -0.25) is 9.59 Å². The monoisotopic (exact) mass is 354 g/mol. The zero-order valence-corrected chi connectivity index (χ0v) is 15.7. The molecule has 2 rings (SSSR count). The van der Waals surface area contributed by atoms with E-state index in [4.69, 9.17) is 10.5 Å². The fraction of sp³-hybridized carbons (Fsp3) is 0.333. The Morgan fingerprint density at radius 1 is 0.962 bits per heavy atom. The molecule has 0 spiro atoms. The van der Waals surface area contributed by atoms with Crippen LogP contribution in [0.1, 0.15) is 61.0 Å². The van der Waals surface area contributed by atoms with E-state index in [1.807, 2.05) is 18.2 Å². The number of nitrogens with one attached hydrogen (secondary N) is 1. The van der Waals surface area contributed by atoms with E-state index in [0.29, 0.717) is 23.1 Å². The second kappa shape index (κ2) is 8.52. The average Bonchev–Trinajstić information content (AvgIpc) is 2.60. The van der Waals surface area contributed by atoms with Crippen LogP contribution in [0.3, 0.4) is 0 Å². The molecule has 0 saturated heterocycles. The Bertz CT molecular complexity index is 754. The van der Waals surface area contributed by atoms with Crippen LogP contribution in [-0.4, -0.2) is 18.4 Å². The van der Waals surface area contributed by atoms with Gasteiger partial charge >= 0.3 is 0 Å². The van der Waals surface area contributed by atoms with Crippen molar-refractivity contribution in [2.24, 2.45) is 5.73 Å². The van der Waals surface area contributed by atoms with Gasteiger partial charge in [0, 0.05) is 11.3 Å². The van der Waals surface area contributed by atoms with Gasteiger partial charge in [-0.05, 0) is 47.2 Å². The van der Waals surface area contributed by atoms with Gasteiger partial charge in [-0.2, -0.15) is 0 Å². The molecule has 5 nitrogen and oxygen atoms in total. The molecule has 0 radical (unpaired) electrons. The molecule has 0 saturated carbocycles. The van der Waals surface area contributed by atoms with Crippen LogP contribution in [0.5, 0.6) is 5.75 Å². The van der Waals surface area contributed by atoms with E-state index in [9.17, 15) is 9.59 Å². The second-order valence-electron chi connectivity index (χ2n) is 6.85.